The normalized spacial score (nSPS) is 11.7. The Bertz CT molecular complexity index is 390. The monoisotopic (exact) mass is 248 g/mol. The molecule has 1 rings (SSSR count). The zero-order chi connectivity index (χ0) is 13.4. The lowest BCUT2D eigenvalue weighted by Crippen LogP contribution is -2.44. The smallest absolute Gasteiger partial charge is 0.242 e. The van der Waals surface area contributed by atoms with Crippen molar-refractivity contribution in [2.45, 2.75) is 32.7 Å². The third-order valence-corrected chi connectivity index (χ3v) is 2.60. The van der Waals surface area contributed by atoms with Gasteiger partial charge in [0.1, 0.15) is 6.04 Å². The van der Waals surface area contributed by atoms with E-state index >= 15 is 0 Å². The Balaban J connectivity index is 2.18. The highest BCUT2D eigenvalue weighted by atomic mass is 16.2. The second kappa shape index (κ2) is 7.48. The predicted octanol–water partition coefficient (Wildman–Crippen LogP) is 1.26. The van der Waals surface area contributed by atoms with E-state index in [0.29, 0.717) is 6.54 Å². The van der Waals surface area contributed by atoms with E-state index in [1.54, 1.807) is 6.92 Å². The van der Waals surface area contributed by atoms with Gasteiger partial charge in [0, 0.05) is 13.5 Å². The van der Waals surface area contributed by atoms with Crippen molar-refractivity contribution >= 4 is 11.8 Å². The molecule has 0 bridgehead atoms. The van der Waals surface area contributed by atoms with Gasteiger partial charge < -0.3 is 10.6 Å². The molecule has 0 aromatic heterocycles. The number of rotatable bonds is 6. The van der Waals surface area contributed by atoms with Crippen LogP contribution in [-0.4, -0.2) is 24.4 Å². The molecule has 18 heavy (non-hydrogen) atoms. The van der Waals surface area contributed by atoms with Gasteiger partial charge in [-0.1, -0.05) is 30.3 Å². The summed E-state index contributed by atoms with van der Waals surface area (Å²) in [5, 5.41) is 5.35. The maximum absolute atomic E-state index is 11.6. The second-order valence-corrected chi connectivity index (χ2v) is 4.30. The van der Waals surface area contributed by atoms with Crippen molar-refractivity contribution < 1.29 is 9.59 Å². The Morgan fingerprint density at radius 3 is 2.50 bits per heavy atom. The maximum Gasteiger partial charge on any atom is 0.242 e. The van der Waals surface area contributed by atoms with E-state index in [1.807, 2.05) is 18.2 Å². The van der Waals surface area contributed by atoms with Crippen molar-refractivity contribution in [3.63, 3.8) is 0 Å². The molecule has 4 heteroatoms. The summed E-state index contributed by atoms with van der Waals surface area (Å²) >= 11 is 0. The van der Waals surface area contributed by atoms with Crippen LogP contribution in [0.2, 0.25) is 0 Å². The third-order valence-electron chi connectivity index (χ3n) is 2.60. The van der Waals surface area contributed by atoms with E-state index in [4.69, 9.17) is 0 Å². The minimum atomic E-state index is -0.473. The number of hydrogen-bond donors (Lipinski definition) is 2. The van der Waals surface area contributed by atoms with Crippen molar-refractivity contribution in [3.8, 4) is 0 Å². The quantitative estimate of drug-likeness (QED) is 0.745. The molecule has 0 heterocycles. The topological polar surface area (TPSA) is 58.2 Å². The first kappa shape index (κ1) is 14.2. The minimum Gasteiger partial charge on any atom is -0.354 e. The fourth-order valence-corrected chi connectivity index (χ4v) is 1.67. The van der Waals surface area contributed by atoms with Gasteiger partial charge in [0.05, 0.1) is 0 Å². The number of hydrogen-bond acceptors (Lipinski definition) is 2. The highest BCUT2D eigenvalue weighted by Gasteiger charge is 2.12. The summed E-state index contributed by atoms with van der Waals surface area (Å²) in [6.07, 6.45) is 1.83. The van der Waals surface area contributed by atoms with Crippen molar-refractivity contribution in [3.05, 3.63) is 35.9 Å². The average molecular weight is 248 g/mol. The largest absolute Gasteiger partial charge is 0.354 e. The van der Waals surface area contributed by atoms with Crippen molar-refractivity contribution in [1.82, 2.24) is 10.6 Å². The van der Waals surface area contributed by atoms with Crippen LogP contribution in [-0.2, 0) is 16.0 Å². The Hall–Kier alpha value is -1.84. The molecule has 2 amide bonds. The molecule has 4 nitrogen and oxygen atoms in total. The SMILES string of the molecule is CC(=O)N[C@H](C)C(=O)NCCCc1ccccc1. The van der Waals surface area contributed by atoms with Crippen LogP contribution >= 0.6 is 0 Å². The standard InChI is InChI=1S/C14H20N2O2/c1-11(16-12(2)17)14(18)15-10-6-9-13-7-4-3-5-8-13/h3-5,7-8,11H,6,9-10H2,1-2H3,(H,15,18)(H,16,17)/t11-/m1/s1. The fourth-order valence-electron chi connectivity index (χ4n) is 1.67. The molecule has 1 aromatic rings. The Morgan fingerprint density at radius 1 is 1.22 bits per heavy atom. The molecule has 0 saturated carbocycles. The van der Waals surface area contributed by atoms with Crippen LogP contribution < -0.4 is 10.6 Å². The van der Waals surface area contributed by atoms with E-state index in [0.717, 1.165) is 12.8 Å². The molecule has 0 saturated heterocycles. The van der Waals surface area contributed by atoms with Crippen LogP contribution in [0.5, 0.6) is 0 Å². The van der Waals surface area contributed by atoms with E-state index in [1.165, 1.54) is 12.5 Å². The van der Waals surface area contributed by atoms with Gasteiger partial charge in [-0.2, -0.15) is 0 Å². The number of amides is 2. The van der Waals surface area contributed by atoms with Crippen molar-refractivity contribution in [1.29, 1.82) is 0 Å². The fraction of sp³-hybridized carbons (Fsp3) is 0.429. The molecule has 0 radical (unpaired) electrons. The van der Waals surface area contributed by atoms with Gasteiger partial charge in [-0.15, -0.1) is 0 Å². The van der Waals surface area contributed by atoms with Gasteiger partial charge in [-0.3, -0.25) is 9.59 Å². The number of nitrogens with one attached hydrogen (secondary N) is 2. The lowest BCUT2D eigenvalue weighted by atomic mass is 10.1. The number of carbonyl (C=O) groups is 2. The van der Waals surface area contributed by atoms with Crippen LogP contribution in [0.3, 0.4) is 0 Å². The Labute approximate surface area is 108 Å². The molecule has 1 atom stereocenters. The molecule has 1 aromatic carbocycles. The van der Waals surface area contributed by atoms with E-state index in [-0.39, 0.29) is 11.8 Å². The number of aryl methyl sites for hydroxylation is 1. The molecule has 0 aliphatic heterocycles. The van der Waals surface area contributed by atoms with Crippen LogP contribution in [0.4, 0.5) is 0 Å². The number of benzene rings is 1. The molecule has 2 N–H and O–H groups in total. The summed E-state index contributed by atoms with van der Waals surface area (Å²) in [6.45, 7) is 3.70. The average Bonchev–Trinajstić information content (AvgIpc) is 2.34. The lowest BCUT2D eigenvalue weighted by molar-refractivity contribution is -0.127. The molecule has 0 aliphatic carbocycles. The van der Waals surface area contributed by atoms with Gasteiger partial charge in [0.15, 0.2) is 0 Å². The summed E-state index contributed by atoms with van der Waals surface area (Å²) in [5.74, 6) is -0.333. The summed E-state index contributed by atoms with van der Waals surface area (Å²) in [5.41, 5.74) is 1.27. The van der Waals surface area contributed by atoms with Crippen molar-refractivity contribution in [2.75, 3.05) is 6.54 Å². The molecule has 98 valence electrons. The van der Waals surface area contributed by atoms with Crippen LogP contribution in [0.1, 0.15) is 25.8 Å². The van der Waals surface area contributed by atoms with E-state index in [2.05, 4.69) is 22.8 Å². The highest BCUT2D eigenvalue weighted by Crippen LogP contribution is 2.01. The summed E-state index contributed by atoms with van der Waals surface area (Å²) in [4.78, 5) is 22.3. The molecule has 0 aliphatic rings. The van der Waals surface area contributed by atoms with Gasteiger partial charge >= 0.3 is 0 Å². The lowest BCUT2D eigenvalue weighted by Gasteiger charge is -2.12. The summed E-state index contributed by atoms with van der Waals surface area (Å²) in [7, 11) is 0. The first-order valence-electron chi connectivity index (χ1n) is 6.18. The Morgan fingerprint density at radius 2 is 1.89 bits per heavy atom. The minimum absolute atomic E-state index is 0.140. The van der Waals surface area contributed by atoms with Gasteiger partial charge in [0.25, 0.3) is 0 Å². The molecular weight excluding hydrogens is 228 g/mol. The van der Waals surface area contributed by atoms with Gasteiger partial charge in [0.2, 0.25) is 11.8 Å². The molecular formula is C14H20N2O2. The second-order valence-electron chi connectivity index (χ2n) is 4.30. The predicted molar refractivity (Wildman–Crippen MR) is 71.1 cm³/mol. The van der Waals surface area contributed by atoms with Gasteiger partial charge in [-0.25, -0.2) is 0 Å². The first-order chi connectivity index (χ1) is 8.59. The maximum atomic E-state index is 11.6. The van der Waals surface area contributed by atoms with Crippen molar-refractivity contribution in [2.24, 2.45) is 0 Å². The van der Waals surface area contributed by atoms with E-state index in [9.17, 15) is 9.59 Å². The van der Waals surface area contributed by atoms with Crippen LogP contribution in [0, 0.1) is 0 Å². The zero-order valence-electron chi connectivity index (χ0n) is 10.9. The third kappa shape index (κ3) is 5.48. The van der Waals surface area contributed by atoms with Crippen LogP contribution in [0.25, 0.3) is 0 Å². The van der Waals surface area contributed by atoms with E-state index < -0.39 is 6.04 Å². The summed E-state index contributed by atoms with van der Waals surface area (Å²) in [6, 6.07) is 9.67. The van der Waals surface area contributed by atoms with Gasteiger partial charge in [-0.05, 0) is 25.3 Å². The summed E-state index contributed by atoms with van der Waals surface area (Å²) < 4.78 is 0. The first-order valence-corrected chi connectivity index (χ1v) is 6.18. The number of carbonyl (C=O) groups excluding carboxylic acids is 2. The van der Waals surface area contributed by atoms with Crippen LogP contribution in [0.15, 0.2) is 30.3 Å². The molecule has 0 unspecified atom stereocenters. The molecule has 0 fully saturated rings. The molecule has 0 spiro atoms. The zero-order valence-corrected chi connectivity index (χ0v) is 10.9. The highest BCUT2D eigenvalue weighted by molar-refractivity contribution is 5.86. The Kier molecular flexibility index (Phi) is 5.91.